The number of anilines is 2. The molecule has 82 valence electrons. The molecular formula is C10H9N3O3. The number of methoxy groups -OCH3 is 1. The van der Waals surface area contributed by atoms with Gasteiger partial charge in [-0.05, 0) is 12.1 Å². The molecule has 6 nitrogen and oxygen atoms in total. The third kappa shape index (κ3) is 1.85. The molecule has 1 aromatic rings. The van der Waals surface area contributed by atoms with E-state index in [-0.39, 0.29) is 5.70 Å². The molecule has 0 aliphatic carbocycles. The van der Waals surface area contributed by atoms with Crippen LogP contribution >= 0.6 is 0 Å². The van der Waals surface area contributed by atoms with Gasteiger partial charge in [0.05, 0.1) is 18.9 Å². The predicted octanol–water partition coefficient (Wildman–Crippen LogP) is 0.502. The van der Waals surface area contributed by atoms with Gasteiger partial charge in [0.2, 0.25) is 0 Å². The Bertz CT molecular complexity index is 482. The van der Waals surface area contributed by atoms with Gasteiger partial charge in [-0.3, -0.25) is 4.79 Å². The molecule has 16 heavy (non-hydrogen) atoms. The second-order valence-electron chi connectivity index (χ2n) is 3.06. The molecule has 2 N–H and O–H groups in total. The number of rotatable bonds is 1. The van der Waals surface area contributed by atoms with Gasteiger partial charge >= 0.3 is 5.97 Å². The molecule has 1 aliphatic heterocycles. The summed E-state index contributed by atoms with van der Waals surface area (Å²) in [4.78, 5) is 26.5. The van der Waals surface area contributed by atoms with Crippen LogP contribution in [-0.2, 0) is 14.3 Å². The zero-order valence-corrected chi connectivity index (χ0v) is 8.48. The quantitative estimate of drug-likeness (QED) is 0.531. The average Bonchev–Trinajstić information content (AvgIpc) is 2.30. The van der Waals surface area contributed by atoms with Gasteiger partial charge in [-0.2, -0.15) is 0 Å². The van der Waals surface area contributed by atoms with Gasteiger partial charge in [-0.1, -0.05) is 0 Å². The number of fused-ring (bicyclic) bond motifs is 1. The van der Waals surface area contributed by atoms with Crippen molar-refractivity contribution in [3.05, 3.63) is 30.1 Å². The van der Waals surface area contributed by atoms with E-state index in [0.29, 0.717) is 11.5 Å². The van der Waals surface area contributed by atoms with E-state index in [0.717, 1.165) is 6.08 Å². The summed E-state index contributed by atoms with van der Waals surface area (Å²) < 4.78 is 4.44. The molecule has 1 aromatic heterocycles. The van der Waals surface area contributed by atoms with Crippen LogP contribution < -0.4 is 10.6 Å². The number of nitrogens with zero attached hydrogens (tertiary/aromatic N) is 1. The maximum atomic E-state index is 11.5. The van der Waals surface area contributed by atoms with E-state index in [4.69, 9.17) is 0 Å². The maximum absolute atomic E-state index is 11.5. The highest BCUT2D eigenvalue weighted by molar-refractivity contribution is 6.12. The fraction of sp³-hybridized carbons (Fsp3) is 0.100. The third-order valence-corrected chi connectivity index (χ3v) is 2.02. The van der Waals surface area contributed by atoms with Crippen LogP contribution in [0.2, 0.25) is 0 Å². The Hall–Kier alpha value is -2.37. The number of esters is 1. The molecule has 0 fully saturated rings. The van der Waals surface area contributed by atoms with Crippen molar-refractivity contribution in [3.8, 4) is 0 Å². The van der Waals surface area contributed by atoms with Gasteiger partial charge < -0.3 is 15.4 Å². The fourth-order valence-electron chi connectivity index (χ4n) is 1.26. The van der Waals surface area contributed by atoms with Crippen molar-refractivity contribution >= 4 is 23.4 Å². The smallest absolute Gasteiger partial charge is 0.332 e. The van der Waals surface area contributed by atoms with Crippen molar-refractivity contribution in [2.75, 3.05) is 17.7 Å². The Labute approximate surface area is 91.3 Å². The second kappa shape index (κ2) is 4.01. The molecule has 0 saturated carbocycles. The average molecular weight is 219 g/mol. The molecular weight excluding hydrogens is 210 g/mol. The molecule has 1 amide bonds. The molecule has 6 heteroatoms. The second-order valence-corrected chi connectivity index (χ2v) is 3.06. The van der Waals surface area contributed by atoms with Gasteiger partial charge in [-0.15, -0.1) is 0 Å². The summed E-state index contributed by atoms with van der Waals surface area (Å²) in [6.45, 7) is 0. The number of pyridine rings is 1. The van der Waals surface area contributed by atoms with Crippen molar-refractivity contribution < 1.29 is 14.3 Å². The van der Waals surface area contributed by atoms with E-state index < -0.39 is 11.9 Å². The lowest BCUT2D eigenvalue weighted by Crippen LogP contribution is -2.27. The van der Waals surface area contributed by atoms with E-state index >= 15 is 0 Å². The van der Waals surface area contributed by atoms with Crippen LogP contribution in [0.5, 0.6) is 0 Å². The molecule has 0 aromatic carbocycles. The molecule has 0 spiro atoms. The van der Waals surface area contributed by atoms with Crippen molar-refractivity contribution in [2.45, 2.75) is 0 Å². The maximum Gasteiger partial charge on any atom is 0.332 e. The largest absolute Gasteiger partial charge is 0.466 e. The monoisotopic (exact) mass is 219 g/mol. The van der Waals surface area contributed by atoms with Crippen LogP contribution in [0.25, 0.3) is 0 Å². The Balaban J connectivity index is 2.31. The molecule has 0 bridgehead atoms. The van der Waals surface area contributed by atoms with E-state index in [1.165, 1.54) is 7.11 Å². The van der Waals surface area contributed by atoms with E-state index in [9.17, 15) is 9.59 Å². The normalized spacial score (nSPS) is 16.1. The number of carbonyl (C=O) groups excluding carboxylic acids is 2. The number of hydrogen-bond donors (Lipinski definition) is 2. The van der Waals surface area contributed by atoms with Gasteiger partial charge in [0.15, 0.2) is 5.82 Å². The van der Waals surface area contributed by atoms with Crippen LogP contribution in [0, 0.1) is 0 Å². The first kappa shape index (κ1) is 10.2. The van der Waals surface area contributed by atoms with Crippen LogP contribution in [0.15, 0.2) is 30.1 Å². The van der Waals surface area contributed by atoms with Crippen LogP contribution in [0.3, 0.4) is 0 Å². The standard InChI is InChI=1S/C10H9N3O3/c1-16-8(14)5-7-10(15)13-9-6(12-7)3-2-4-11-9/h2-5,12H,1H3,(H,11,13,15)/b7-5+. The van der Waals surface area contributed by atoms with E-state index in [1.54, 1.807) is 18.3 Å². The zero-order chi connectivity index (χ0) is 11.5. The molecule has 2 rings (SSSR count). The Morgan fingerprint density at radius 3 is 3.06 bits per heavy atom. The Kier molecular flexibility index (Phi) is 2.55. The van der Waals surface area contributed by atoms with Gasteiger partial charge in [0, 0.05) is 6.20 Å². The summed E-state index contributed by atoms with van der Waals surface area (Å²) in [5.74, 6) is -0.573. The molecule has 2 heterocycles. The first-order chi connectivity index (χ1) is 7.70. The number of aromatic nitrogens is 1. The predicted molar refractivity (Wildman–Crippen MR) is 56.6 cm³/mol. The van der Waals surface area contributed by atoms with Crippen molar-refractivity contribution in [3.63, 3.8) is 0 Å². The Morgan fingerprint density at radius 1 is 1.50 bits per heavy atom. The summed E-state index contributed by atoms with van der Waals surface area (Å²) in [5, 5.41) is 5.35. The number of amides is 1. The van der Waals surface area contributed by atoms with Crippen LogP contribution in [0.4, 0.5) is 11.5 Å². The lowest BCUT2D eigenvalue weighted by atomic mass is 10.2. The Morgan fingerprint density at radius 2 is 2.31 bits per heavy atom. The highest BCUT2D eigenvalue weighted by atomic mass is 16.5. The van der Waals surface area contributed by atoms with Crippen LogP contribution in [0.1, 0.15) is 0 Å². The minimum atomic E-state index is -0.593. The minimum Gasteiger partial charge on any atom is -0.466 e. The van der Waals surface area contributed by atoms with Crippen molar-refractivity contribution in [1.82, 2.24) is 4.98 Å². The van der Waals surface area contributed by atoms with E-state index in [1.807, 2.05) is 0 Å². The summed E-state index contributed by atoms with van der Waals surface area (Å²) in [7, 11) is 1.25. The SMILES string of the molecule is COC(=O)/C=C1/Nc2cccnc2NC1=O. The van der Waals surface area contributed by atoms with Crippen molar-refractivity contribution in [1.29, 1.82) is 0 Å². The lowest BCUT2D eigenvalue weighted by molar-refractivity contribution is -0.135. The fourth-order valence-corrected chi connectivity index (χ4v) is 1.26. The highest BCUT2D eigenvalue weighted by Gasteiger charge is 2.20. The topological polar surface area (TPSA) is 80.3 Å². The number of nitrogens with one attached hydrogen (secondary N) is 2. The molecule has 0 unspecified atom stereocenters. The summed E-state index contributed by atoms with van der Waals surface area (Å²) in [6.07, 6.45) is 2.65. The molecule has 0 atom stereocenters. The number of hydrogen-bond acceptors (Lipinski definition) is 5. The first-order valence-electron chi connectivity index (χ1n) is 4.54. The zero-order valence-electron chi connectivity index (χ0n) is 8.48. The number of carbonyl (C=O) groups is 2. The third-order valence-electron chi connectivity index (χ3n) is 2.02. The van der Waals surface area contributed by atoms with Gasteiger partial charge in [-0.25, -0.2) is 9.78 Å². The van der Waals surface area contributed by atoms with Gasteiger partial charge in [0.1, 0.15) is 5.70 Å². The van der Waals surface area contributed by atoms with Crippen molar-refractivity contribution in [2.24, 2.45) is 0 Å². The van der Waals surface area contributed by atoms with Crippen LogP contribution in [-0.4, -0.2) is 24.0 Å². The summed E-state index contributed by atoms with van der Waals surface area (Å²) in [6, 6.07) is 3.46. The van der Waals surface area contributed by atoms with Gasteiger partial charge in [0.25, 0.3) is 5.91 Å². The minimum absolute atomic E-state index is 0.132. The summed E-state index contributed by atoms with van der Waals surface area (Å²) in [5.41, 5.74) is 0.768. The lowest BCUT2D eigenvalue weighted by Gasteiger charge is -2.19. The molecule has 0 saturated heterocycles. The number of ether oxygens (including phenoxy) is 1. The molecule has 0 radical (unpaired) electrons. The van der Waals surface area contributed by atoms with E-state index in [2.05, 4.69) is 20.4 Å². The summed E-state index contributed by atoms with van der Waals surface area (Å²) >= 11 is 0. The highest BCUT2D eigenvalue weighted by Crippen LogP contribution is 2.24. The first-order valence-corrected chi connectivity index (χ1v) is 4.54. The molecule has 1 aliphatic rings.